The third-order valence-electron chi connectivity index (χ3n) is 4.41. The van der Waals surface area contributed by atoms with Gasteiger partial charge >= 0.3 is 0 Å². The monoisotopic (exact) mass is 402 g/mol. The van der Waals surface area contributed by atoms with Gasteiger partial charge in [-0.1, -0.05) is 25.8 Å². The molecule has 0 spiro atoms. The molecule has 4 nitrogen and oxygen atoms in total. The number of nitrogens with zero attached hydrogens (tertiary/aromatic N) is 2. The number of aromatic nitrogens is 1. The van der Waals surface area contributed by atoms with Crippen LogP contribution in [0, 0.1) is 5.41 Å². The molecule has 0 bridgehead atoms. The van der Waals surface area contributed by atoms with E-state index in [1.807, 2.05) is 24.4 Å². The van der Waals surface area contributed by atoms with Crippen molar-refractivity contribution in [1.29, 1.82) is 0 Å². The molecule has 0 unspecified atom stereocenters. The van der Waals surface area contributed by atoms with E-state index in [4.69, 9.17) is 5.73 Å². The van der Waals surface area contributed by atoms with Gasteiger partial charge < -0.3 is 11.1 Å². The van der Waals surface area contributed by atoms with Crippen molar-refractivity contribution in [3.05, 3.63) is 30.1 Å². The number of rotatable bonds is 6. The van der Waals surface area contributed by atoms with Crippen molar-refractivity contribution >= 4 is 29.9 Å². The van der Waals surface area contributed by atoms with Crippen LogP contribution in [0.25, 0.3) is 0 Å². The Balaban J connectivity index is 0.00000220. The highest BCUT2D eigenvalue weighted by Crippen LogP contribution is 2.40. The zero-order chi connectivity index (χ0) is 14.3. The number of aliphatic imine (C=N–C) groups is 1. The van der Waals surface area contributed by atoms with Crippen molar-refractivity contribution in [1.82, 2.24) is 10.3 Å². The van der Waals surface area contributed by atoms with Crippen molar-refractivity contribution in [2.45, 2.75) is 45.4 Å². The van der Waals surface area contributed by atoms with Crippen LogP contribution in [0.3, 0.4) is 0 Å². The summed E-state index contributed by atoms with van der Waals surface area (Å²) in [4.78, 5) is 8.83. The Labute approximate surface area is 145 Å². The van der Waals surface area contributed by atoms with Gasteiger partial charge in [0, 0.05) is 31.4 Å². The van der Waals surface area contributed by atoms with Crippen LogP contribution in [0.4, 0.5) is 0 Å². The van der Waals surface area contributed by atoms with Gasteiger partial charge in [0.2, 0.25) is 0 Å². The largest absolute Gasteiger partial charge is 0.370 e. The highest BCUT2D eigenvalue weighted by Gasteiger charge is 2.31. The van der Waals surface area contributed by atoms with Gasteiger partial charge in [-0.3, -0.25) is 9.98 Å². The summed E-state index contributed by atoms with van der Waals surface area (Å²) in [5.41, 5.74) is 7.44. The fourth-order valence-corrected chi connectivity index (χ4v) is 2.92. The fraction of sp³-hybridized carbons (Fsp3) is 0.625. The number of pyridine rings is 1. The van der Waals surface area contributed by atoms with Gasteiger partial charge in [0.1, 0.15) is 0 Å². The molecule has 0 amide bonds. The third-order valence-corrected chi connectivity index (χ3v) is 4.41. The zero-order valence-corrected chi connectivity index (χ0v) is 15.2. The minimum atomic E-state index is 0. The molecular formula is C16H27IN4. The van der Waals surface area contributed by atoms with Crippen LogP contribution in [0.5, 0.6) is 0 Å². The maximum Gasteiger partial charge on any atom is 0.188 e. The predicted molar refractivity (Wildman–Crippen MR) is 99.0 cm³/mol. The van der Waals surface area contributed by atoms with Crippen LogP contribution in [-0.4, -0.2) is 24.0 Å². The predicted octanol–water partition coefficient (Wildman–Crippen LogP) is 3.12. The van der Waals surface area contributed by atoms with Crippen molar-refractivity contribution in [3.63, 3.8) is 0 Å². The second-order valence-electron chi connectivity index (χ2n) is 5.76. The maximum absolute atomic E-state index is 5.95. The Morgan fingerprint density at radius 2 is 2.14 bits per heavy atom. The van der Waals surface area contributed by atoms with Crippen LogP contribution >= 0.6 is 24.0 Å². The summed E-state index contributed by atoms with van der Waals surface area (Å²) in [5.74, 6) is 0.570. The summed E-state index contributed by atoms with van der Waals surface area (Å²) in [5, 5.41) is 3.18. The number of nitrogens with one attached hydrogen (secondary N) is 1. The summed E-state index contributed by atoms with van der Waals surface area (Å²) in [6.45, 7) is 3.92. The summed E-state index contributed by atoms with van der Waals surface area (Å²) in [7, 11) is 0. The molecular weight excluding hydrogens is 375 g/mol. The number of hydrogen-bond acceptors (Lipinski definition) is 2. The van der Waals surface area contributed by atoms with Crippen molar-refractivity contribution < 1.29 is 0 Å². The van der Waals surface area contributed by atoms with Gasteiger partial charge in [-0.15, -0.1) is 24.0 Å². The van der Waals surface area contributed by atoms with Crippen LogP contribution in [0.1, 0.15) is 44.7 Å². The van der Waals surface area contributed by atoms with E-state index in [9.17, 15) is 0 Å². The van der Waals surface area contributed by atoms with Gasteiger partial charge in [0.15, 0.2) is 5.96 Å². The number of nitrogens with two attached hydrogens (primary N) is 1. The van der Waals surface area contributed by atoms with Crippen molar-refractivity contribution in [2.75, 3.05) is 13.1 Å². The molecule has 1 heterocycles. The smallest absolute Gasteiger partial charge is 0.188 e. The molecule has 118 valence electrons. The Kier molecular flexibility index (Phi) is 8.00. The van der Waals surface area contributed by atoms with Crippen LogP contribution in [0.15, 0.2) is 29.4 Å². The van der Waals surface area contributed by atoms with Crippen molar-refractivity contribution in [3.8, 4) is 0 Å². The molecule has 0 saturated heterocycles. The number of halogens is 1. The van der Waals surface area contributed by atoms with E-state index in [0.29, 0.717) is 11.4 Å². The average Bonchev–Trinajstić information content (AvgIpc) is 2.96. The molecule has 0 aromatic carbocycles. The minimum absolute atomic E-state index is 0. The SMILES string of the molecule is CCC1(CN=C(N)NCCc2ccccn2)CCCC1.I. The lowest BCUT2D eigenvalue weighted by molar-refractivity contribution is 0.297. The van der Waals surface area contributed by atoms with Gasteiger partial charge in [-0.05, 0) is 36.8 Å². The molecule has 1 aromatic rings. The quantitative estimate of drug-likeness (QED) is 0.437. The molecule has 1 saturated carbocycles. The second kappa shape index (κ2) is 9.23. The van der Waals surface area contributed by atoms with Gasteiger partial charge in [-0.2, -0.15) is 0 Å². The lowest BCUT2D eigenvalue weighted by Crippen LogP contribution is -2.34. The first-order valence-corrected chi connectivity index (χ1v) is 7.68. The summed E-state index contributed by atoms with van der Waals surface area (Å²) in [6.07, 6.45) is 9.18. The molecule has 1 aliphatic carbocycles. The first-order valence-electron chi connectivity index (χ1n) is 7.68. The summed E-state index contributed by atoms with van der Waals surface area (Å²) < 4.78 is 0. The lowest BCUT2D eigenvalue weighted by atomic mass is 9.84. The maximum atomic E-state index is 5.95. The molecule has 1 fully saturated rings. The van der Waals surface area contributed by atoms with Crippen LogP contribution < -0.4 is 11.1 Å². The Morgan fingerprint density at radius 1 is 1.38 bits per heavy atom. The molecule has 0 atom stereocenters. The summed E-state index contributed by atoms with van der Waals surface area (Å²) in [6, 6.07) is 5.96. The molecule has 1 aliphatic rings. The molecule has 0 radical (unpaired) electrons. The molecule has 5 heteroatoms. The Morgan fingerprint density at radius 3 is 2.76 bits per heavy atom. The van der Waals surface area contributed by atoms with Gasteiger partial charge in [-0.25, -0.2) is 0 Å². The molecule has 21 heavy (non-hydrogen) atoms. The fourth-order valence-electron chi connectivity index (χ4n) is 2.92. The Bertz CT molecular complexity index is 427. The molecule has 2 rings (SSSR count). The van der Waals surface area contributed by atoms with E-state index < -0.39 is 0 Å². The normalized spacial score (nSPS) is 17.3. The summed E-state index contributed by atoms with van der Waals surface area (Å²) >= 11 is 0. The first-order chi connectivity index (χ1) is 9.74. The lowest BCUT2D eigenvalue weighted by Gasteiger charge is -2.25. The first kappa shape index (κ1) is 18.2. The minimum Gasteiger partial charge on any atom is -0.370 e. The molecule has 3 N–H and O–H groups in total. The van der Waals surface area contributed by atoms with E-state index in [2.05, 4.69) is 22.2 Å². The number of hydrogen-bond donors (Lipinski definition) is 2. The number of guanidine groups is 1. The standard InChI is InChI=1S/C16H26N4.HI/c1-2-16(9-4-5-10-16)13-20-15(17)19-12-8-14-7-3-6-11-18-14;/h3,6-7,11H,2,4-5,8-10,12-13H2,1H3,(H3,17,19,20);1H. The molecule has 0 aliphatic heterocycles. The topological polar surface area (TPSA) is 63.3 Å². The highest BCUT2D eigenvalue weighted by molar-refractivity contribution is 14.0. The van der Waals surface area contributed by atoms with Crippen LogP contribution in [-0.2, 0) is 6.42 Å². The van der Waals surface area contributed by atoms with Crippen molar-refractivity contribution in [2.24, 2.45) is 16.1 Å². The van der Waals surface area contributed by atoms with E-state index >= 15 is 0 Å². The average molecular weight is 402 g/mol. The van der Waals surface area contributed by atoms with E-state index in [-0.39, 0.29) is 24.0 Å². The highest BCUT2D eigenvalue weighted by atomic mass is 127. The van der Waals surface area contributed by atoms with E-state index in [1.165, 1.54) is 32.1 Å². The van der Waals surface area contributed by atoms with Crippen LogP contribution in [0.2, 0.25) is 0 Å². The van der Waals surface area contributed by atoms with Gasteiger partial charge in [0.05, 0.1) is 0 Å². The van der Waals surface area contributed by atoms with Gasteiger partial charge in [0.25, 0.3) is 0 Å². The second-order valence-corrected chi connectivity index (χ2v) is 5.76. The third kappa shape index (κ3) is 5.80. The Hall–Kier alpha value is -0.850. The van der Waals surface area contributed by atoms with E-state index in [1.54, 1.807) is 0 Å². The molecule has 1 aromatic heterocycles. The zero-order valence-electron chi connectivity index (χ0n) is 12.8. The van der Waals surface area contributed by atoms with E-state index in [0.717, 1.165) is 25.2 Å².